The van der Waals surface area contributed by atoms with E-state index in [1.807, 2.05) is 0 Å². The van der Waals surface area contributed by atoms with Crippen molar-refractivity contribution in [1.82, 2.24) is 15.1 Å². The van der Waals surface area contributed by atoms with Crippen molar-refractivity contribution >= 4 is 0 Å². The molecule has 0 radical (unpaired) electrons. The third-order valence-electron chi connectivity index (χ3n) is 3.36. The summed E-state index contributed by atoms with van der Waals surface area (Å²) in [6, 6.07) is 0.800. The molecule has 1 heterocycles. The molecular formula is C13H29N3. The summed E-state index contributed by atoms with van der Waals surface area (Å²) in [6.07, 6.45) is 5.32. The minimum Gasteiger partial charge on any atom is -0.315 e. The van der Waals surface area contributed by atoms with Crippen molar-refractivity contribution in [2.24, 2.45) is 0 Å². The van der Waals surface area contributed by atoms with Crippen molar-refractivity contribution in [3.63, 3.8) is 0 Å². The van der Waals surface area contributed by atoms with Crippen molar-refractivity contribution in [2.45, 2.75) is 38.6 Å². The van der Waals surface area contributed by atoms with Crippen LogP contribution in [-0.2, 0) is 0 Å². The molecule has 1 fully saturated rings. The van der Waals surface area contributed by atoms with E-state index in [0.717, 1.165) is 6.04 Å². The van der Waals surface area contributed by atoms with Gasteiger partial charge in [0, 0.05) is 12.6 Å². The predicted molar refractivity (Wildman–Crippen MR) is 70.9 cm³/mol. The molecule has 0 saturated carbocycles. The van der Waals surface area contributed by atoms with Crippen molar-refractivity contribution < 1.29 is 0 Å². The average Bonchev–Trinajstić information content (AvgIpc) is 2.66. The minimum absolute atomic E-state index is 0.800. The zero-order valence-corrected chi connectivity index (χ0v) is 11.3. The number of rotatable bonds is 8. The lowest BCUT2D eigenvalue weighted by Crippen LogP contribution is -2.39. The number of nitrogens with one attached hydrogen (secondary N) is 1. The normalized spacial score (nSPS) is 22.1. The van der Waals surface area contributed by atoms with Crippen LogP contribution in [0.25, 0.3) is 0 Å². The molecule has 1 unspecified atom stereocenters. The maximum Gasteiger partial charge on any atom is 0.0221 e. The van der Waals surface area contributed by atoms with E-state index in [4.69, 9.17) is 0 Å². The molecule has 1 aliphatic rings. The zero-order chi connectivity index (χ0) is 11.8. The van der Waals surface area contributed by atoms with Gasteiger partial charge in [-0.1, -0.05) is 6.92 Å². The molecule has 1 rings (SSSR count). The van der Waals surface area contributed by atoms with Crippen LogP contribution in [0.2, 0.25) is 0 Å². The molecule has 3 heteroatoms. The highest BCUT2D eigenvalue weighted by molar-refractivity contribution is 4.80. The highest BCUT2D eigenvalue weighted by atomic mass is 15.2. The molecular weight excluding hydrogens is 198 g/mol. The third kappa shape index (κ3) is 5.28. The number of nitrogens with zero attached hydrogens (tertiary/aromatic N) is 2. The molecule has 0 bridgehead atoms. The summed E-state index contributed by atoms with van der Waals surface area (Å²) in [7, 11) is 4.31. The van der Waals surface area contributed by atoms with Gasteiger partial charge in [-0.05, 0) is 66.0 Å². The van der Waals surface area contributed by atoms with Crippen molar-refractivity contribution in [3.05, 3.63) is 0 Å². The standard InChI is InChI=1S/C13H29N3/c1-4-8-14-12-13-7-5-10-16(13)11-6-9-15(2)3/h13-14H,4-12H2,1-3H3. The molecule has 0 aromatic rings. The summed E-state index contributed by atoms with van der Waals surface area (Å²) < 4.78 is 0. The third-order valence-corrected chi connectivity index (χ3v) is 3.36. The van der Waals surface area contributed by atoms with Crippen LogP contribution >= 0.6 is 0 Å². The van der Waals surface area contributed by atoms with E-state index in [1.54, 1.807) is 0 Å². The van der Waals surface area contributed by atoms with E-state index < -0.39 is 0 Å². The van der Waals surface area contributed by atoms with Gasteiger partial charge in [0.05, 0.1) is 0 Å². The number of hydrogen-bond acceptors (Lipinski definition) is 3. The molecule has 0 aliphatic carbocycles. The Balaban J connectivity index is 2.13. The van der Waals surface area contributed by atoms with Gasteiger partial charge in [-0.3, -0.25) is 4.90 Å². The number of likely N-dealkylation sites (tertiary alicyclic amines) is 1. The Morgan fingerprint density at radius 3 is 2.88 bits per heavy atom. The van der Waals surface area contributed by atoms with Gasteiger partial charge in [0.1, 0.15) is 0 Å². The predicted octanol–water partition coefficient (Wildman–Crippen LogP) is 1.40. The van der Waals surface area contributed by atoms with Gasteiger partial charge in [-0.2, -0.15) is 0 Å². The van der Waals surface area contributed by atoms with Crippen molar-refractivity contribution in [2.75, 3.05) is 46.8 Å². The van der Waals surface area contributed by atoms with E-state index >= 15 is 0 Å². The van der Waals surface area contributed by atoms with Gasteiger partial charge in [0.25, 0.3) is 0 Å². The molecule has 96 valence electrons. The molecule has 0 amide bonds. The zero-order valence-electron chi connectivity index (χ0n) is 11.3. The Morgan fingerprint density at radius 2 is 2.19 bits per heavy atom. The monoisotopic (exact) mass is 227 g/mol. The van der Waals surface area contributed by atoms with Gasteiger partial charge < -0.3 is 10.2 Å². The Morgan fingerprint density at radius 1 is 1.38 bits per heavy atom. The lowest BCUT2D eigenvalue weighted by molar-refractivity contribution is 0.233. The van der Waals surface area contributed by atoms with Crippen molar-refractivity contribution in [3.8, 4) is 0 Å². The lowest BCUT2D eigenvalue weighted by atomic mass is 10.2. The summed E-state index contributed by atoms with van der Waals surface area (Å²) in [5.41, 5.74) is 0. The molecule has 16 heavy (non-hydrogen) atoms. The fraction of sp³-hybridized carbons (Fsp3) is 1.00. The second kappa shape index (κ2) is 8.04. The van der Waals surface area contributed by atoms with E-state index in [1.165, 1.54) is 58.4 Å². The maximum absolute atomic E-state index is 3.55. The van der Waals surface area contributed by atoms with Gasteiger partial charge in [0.15, 0.2) is 0 Å². The van der Waals surface area contributed by atoms with Crippen LogP contribution in [-0.4, -0.2) is 62.7 Å². The Bertz CT molecular complexity index is 171. The molecule has 0 spiro atoms. The summed E-state index contributed by atoms with van der Waals surface area (Å²) in [4.78, 5) is 4.95. The van der Waals surface area contributed by atoms with Crippen LogP contribution in [0.3, 0.4) is 0 Å². The molecule has 1 saturated heterocycles. The van der Waals surface area contributed by atoms with Crippen LogP contribution in [0.4, 0.5) is 0 Å². The fourth-order valence-electron chi connectivity index (χ4n) is 2.46. The van der Waals surface area contributed by atoms with Gasteiger partial charge in [-0.25, -0.2) is 0 Å². The minimum atomic E-state index is 0.800. The molecule has 0 aromatic carbocycles. The smallest absolute Gasteiger partial charge is 0.0221 e. The first-order valence-corrected chi connectivity index (χ1v) is 6.83. The first-order valence-electron chi connectivity index (χ1n) is 6.83. The topological polar surface area (TPSA) is 18.5 Å². The van der Waals surface area contributed by atoms with E-state index in [0.29, 0.717) is 0 Å². The summed E-state index contributed by atoms with van der Waals surface area (Å²) in [5.74, 6) is 0. The van der Waals surface area contributed by atoms with Gasteiger partial charge in [0.2, 0.25) is 0 Å². The highest BCUT2D eigenvalue weighted by Crippen LogP contribution is 2.16. The quantitative estimate of drug-likeness (QED) is 0.632. The van der Waals surface area contributed by atoms with Crippen LogP contribution in [0, 0.1) is 0 Å². The SMILES string of the molecule is CCCNCC1CCCN1CCCN(C)C. The molecule has 1 aliphatic heterocycles. The molecule has 1 atom stereocenters. The van der Waals surface area contributed by atoms with E-state index in [-0.39, 0.29) is 0 Å². The largest absolute Gasteiger partial charge is 0.315 e. The fourth-order valence-corrected chi connectivity index (χ4v) is 2.46. The Kier molecular flexibility index (Phi) is 7.01. The summed E-state index contributed by atoms with van der Waals surface area (Å²) in [6.45, 7) is 8.39. The molecule has 1 N–H and O–H groups in total. The van der Waals surface area contributed by atoms with E-state index in [9.17, 15) is 0 Å². The molecule has 3 nitrogen and oxygen atoms in total. The van der Waals surface area contributed by atoms with Gasteiger partial charge >= 0.3 is 0 Å². The van der Waals surface area contributed by atoms with Crippen LogP contribution in [0.5, 0.6) is 0 Å². The van der Waals surface area contributed by atoms with E-state index in [2.05, 4.69) is 36.1 Å². The van der Waals surface area contributed by atoms with Crippen LogP contribution in [0.1, 0.15) is 32.6 Å². The second-order valence-corrected chi connectivity index (χ2v) is 5.19. The molecule has 0 aromatic heterocycles. The lowest BCUT2D eigenvalue weighted by Gasteiger charge is -2.25. The number of hydrogen-bond donors (Lipinski definition) is 1. The highest BCUT2D eigenvalue weighted by Gasteiger charge is 2.23. The maximum atomic E-state index is 3.55. The summed E-state index contributed by atoms with van der Waals surface area (Å²) >= 11 is 0. The summed E-state index contributed by atoms with van der Waals surface area (Å²) in [5, 5.41) is 3.55. The first kappa shape index (κ1) is 13.9. The van der Waals surface area contributed by atoms with Crippen molar-refractivity contribution in [1.29, 1.82) is 0 Å². The first-order chi connectivity index (χ1) is 7.74. The Hall–Kier alpha value is -0.120. The van der Waals surface area contributed by atoms with Crippen LogP contribution < -0.4 is 5.32 Å². The van der Waals surface area contributed by atoms with Gasteiger partial charge in [-0.15, -0.1) is 0 Å². The second-order valence-electron chi connectivity index (χ2n) is 5.19. The Labute approximate surface area is 101 Å². The van der Waals surface area contributed by atoms with Crippen LogP contribution in [0.15, 0.2) is 0 Å². The average molecular weight is 227 g/mol.